The van der Waals surface area contributed by atoms with Crippen molar-refractivity contribution in [2.75, 3.05) is 13.6 Å². The van der Waals surface area contributed by atoms with Crippen molar-refractivity contribution in [3.8, 4) is 0 Å². The van der Waals surface area contributed by atoms with Crippen molar-refractivity contribution < 1.29 is 9.90 Å². The van der Waals surface area contributed by atoms with Crippen LogP contribution in [0.2, 0.25) is 0 Å². The number of hydrogen-bond donors (Lipinski definition) is 1. The Morgan fingerprint density at radius 1 is 1.35 bits per heavy atom. The van der Waals surface area contributed by atoms with Crippen molar-refractivity contribution in [1.29, 1.82) is 0 Å². The van der Waals surface area contributed by atoms with E-state index >= 15 is 0 Å². The third-order valence-electron chi connectivity index (χ3n) is 7.01. The summed E-state index contributed by atoms with van der Waals surface area (Å²) in [7, 11) is 2.29. The second-order valence-electron chi connectivity index (χ2n) is 7.99. The van der Waals surface area contributed by atoms with Gasteiger partial charge in [-0.15, -0.1) is 0 Å². The number of rotatable bonds is 2. The molecule has 2 bridgehead atoms. The molecule has 4 atom stereocenters. The molecule has 1 N–H and O–H groups in total. The van der Waals surface area contributed by atoms with Crippen LogP contribution in [0, 0.1) is 5.92 Å². The lowest BCUT2D eigenvalue weighted by molar-refractivity contribution is -0.138. The molecule has 1 aliphatic heterocycles. The fourth-order valence-corrected chi connectivity index (χ4v) is 5.63. The Morgan fingerprint density at radius 3 is 2.96 bits per heavy atom. The lowest BCUT2D eigenvalue weighted by atomic mass is 9.52. The first kappa shape index (κ1) is 15.2. The number of piperidine rings is 1. The molecule has 1 saturated heterocycles. The maximum Gasteiger partial charge on any atom is 0.310 e. The van der Waals surface area contributed by atoms with Crippen LogP contribution in [0.15, 0.2) is 18.2 Å². The summed E-state index contributed by atoms with van der Waals surface area (Å²) < 4.78 is 0. The van der Waals surface area contributed by atoms with E-state index in [1.54, 1.807) is 6.92 Å². The number of fused-ring (bicyclic) bond motifs is 1. The van der Waals surface area contributed by atoms with Crippen molar-refractivity contribution >= 4 is 5.97 Å². The molecule has 0 amide bonds. The highest BCUT2D eigenvalue weighted by atomic mass is 16.4. The van der Waals surface area contributed by atoms with Crippen molar-refractivity contribution in [2.45, 2.75) is 62.8 Å². The monoisotopic (exact) mass is 313 g/mol. The van der Waals surface area contributed by atoms with E-state index in [0.717, 1.165) is 17.9 Å². The van der Waals surface area contributed by atoms with Crippen LogP contribution in [-0.2, 0) is 16.6 Å². The Kier molecular flexibility index (Phi) is 3.53. The molecule has 2 aliphatic carbocycles. The van der Waals surface area contributed by atoms with Crippen molar-refractivity contribution in [3.63, 3.8) is 0 Å². The van der Waals surface area contributed by atoms with E-state index in [4.69, 9.17) is 0 Å². The summed E-state index contributed by atoms with van der Waals surface area (Å²) in [4.78, 5) is 14.0. The van der Waals surface area contributed by atoms with Gasteiger partial charge in [0.15, 0.2) is 0 Å². The zero-order valence-corrected chi connectivity index (χ0v) is 14.2. The van der Waals surface area contributed by atoms with Gasteiger partial charge in [0.25, 0.3) is 0 Å². The molecule has 2 fully saturated rings. The van der Waals surface area contributed by atoms with Gasteiger partial charge in [0.05, 0.1) is 5.92 Å². The Morgan fingerprint density at radius 2 is 2.17 bits per heavy atom. The van der Waals surface area contributed by atoms with E-state index in [1.807, 2.05) is 6.07 Å². The summed E-state index contributed by atoms with van der Waals surface area (Å²) in [6, 6.07) is 7.21. The smallest absolute Gasteiger partial charge is 0.310 e. The van der Waals surface area contributed by atoms with Gasteiger partial charge in [-0.1, -0.05) is 31.0 Å². The molecular weight excluding hydrogens is 286 g/mol. The number of nitrogens with zero attached hydrogens (tertiary/aromatic N) is 1. The van der Waals surface area contributed by atoms with Crippen LogP contribution < -0.4 is 0 Å². The van der Waals surface area contributed by atoms with E-state index in [0.29, 0.717) is 11.5 Å². The second kappa shape index (κ2) is 5.34. The predicted octanol–water partition coefficient (Wildman–Crippen LogP) is 3.56. The van der Waals surface area contributed by atoms with Crippen LogP contribution in [0.3, 0.4) is 0 Å². The highest BCUT2D eigenvalue weighted by Crippen LogP contribution is 2.55. The van der Waals surface area contributed by atoms with Gasteiger partial charge in [-0.3, -0.25) is 4.79 Å². The Labute approximate surface area is 138 Å². The van der Waals surface area contributed by atoms with Gasteiger partial charge in [-0.25, -0.2) is 0 Å². The number of carboxylic acids is 1. The summed E-state index contributed by atoms with van der Waals surface area (Å²) in [5, 5.41) is 9.37. The fourth-order valence-electron chi connectivity index (χ4n) is 5.63. The summed E-state index contributed by atoms with van der Waals surface area (Å²) in [5.74, 6) is -0.375. The third-order valence-corrected chi connectivity index (χ3v) is 7.01. The van der Waals surface area contributed by atoms with Gasteiger partial charge >= 0.3 is 5.97 Å². The fraction of sp³-hybridized carbons (Fsp3) is 0.650. The molecule has 3 heteroatoms. The number of aliphatic carboxylic acids is 1. The van der Waals surface area contributed by atoms with Gasteiger partial charge in [-0.05, 0) is 68.8 Å². The third kappa shape index (κ3) is 2.16. The molecule has 1 heterocycles. The molecule has 124 valence electrons. The predicted molar refractivity (Wildman–Crippen MR) is 90.9 cm³/mol. The normalized spacial score (nSPS) is 34.3. The molecule has 1 aromatic rings. The summed E-state index contributed by atoms with van der Waals surface area (Å²) >= 11 is 0. The van der Waals surface area contributed by atoms with E-state index in [2.05, 4.69) is 24.1 Å². The van der Waals surface area contributed by atoms with Crippen LogP contribution in [0.4, 0.5) is 0 Å². The van der Waals surface area contributed by atoms with Gasteiger partial charge in [0.2, 0.25) is 0 Å². The lowest BCUT2D eigenvalue weighted by Gasteiger charge is -2.58. The zero-order chi connectivity index (χ0) is 16.2. The molecule has 1 saturated carbocycles. The van der Waals surface area contributed by atoms with E-state index in [9.17, 15) is 9.90 Å². The minimum absolute atomic E-state index is 0.317. The molecule has 0 spiro atoms. The molecule has 23 heavy (non-hydrogen) atoms. The van der Waals surface area contributed by atoms with Crippen LogP contribution in [0.5, 0.6) is 0 Å². The van der Waals surface area contributed by atoms with Crippen molar-refractivity contribution in [2.24, 2.45) is 5.92 Å². The van der Waals surface area contributed by atoms with Crippen molar-refractivity contribution in [1.82, 2.24) is 4.90 Å². The van der Waals surface area contributed by atoms with Gasteiger partial charge in [-0.2, -0.15) is 0 Å². The summed E-state index contributed by atoms with van der Waals surface area (Å²) in [5.41, 5.74) is 4.27. The van der Waals surface area contributed by atoms with Crippen LogP contribution in [0.25, 0.3) is 0 Å². The van der Waals surface area contributed by atoms with E-state index < -0.39 is 11.9 Å². The Balaban J connectivity index is 1.83. The number of likely N-dealkylation sites (N-methyl/N-ethyl adjacent to an activating group) is 1. The highest BCUT2D eigenvalue weighted by molar-refractivity contribution is 5.75. The number of hydrogen-bond acceptors (Lipinski definition) is 2. The minimum Gasteiger partial charge on any atom is -0.481 e. The Bertz CT molecular complexity index is 641. The summed E-state index contributed by atoms with van der Waals surface area (Å²) in [6.07, 6.45) is 7.69. The second-order valence-corrected chi connectivity index (χ2v) is 7.99. The quantitative estimate of drug-likeness (QED) is 0.907. The molecule has 3 aliphatic rings. The molecule has 1 aromatic carbocycles. The molecular formula is C20H27NO2. The maximum atomic E-state index is 11.4. The topological polar surface area (TPSA) is 40.5 Å². The molecule has 0 aromatic heterocycles. The Hall–Kier alpha value is -1.35. The van der Waals surface area contributed by atoms with Gasteiger partial charge < -0.3 is 10.0 Å². The first-order chi connectivity index (χ1) is 11.0. The average molecular weight is 313 g/mol. The minimum atomic E-state index is -0.722. The number of carboxylic acid groups (broad SMARTS) is 1. The molecule has 3 unspecified atom stereocenters. The molecule has 0 radical (unpaired) electrons. The van der Waals surface area contributed by atoms with Crippen molar-refractivity contribution in [3.05, 3.63) is 34.9 Å². The molecule has 4 rings (SSSR count). The van der Waals surface area contributed by atoms with Crippen LogP contribution >= 0.6 is 0 Å². The SMILES string of the molecule is CC(C(=O)O)c1ccc2c(c1)C13CCCC[C@@H]1C(C2)N(C)CC3. The van der Waals surface area contributed by atoms with Gasteiger partial charge in [0.1, 0.15) is 0 Å². The summed E-state index contributed by atoms with van der Waals surface area (Å²) in [6.45, 7) is 2.99. The average Bonchev–Trinajstić information content (AvgIpc) is 2.57. The first-order valence-electron chi connectivity index (χ1n) is 9.09. The molecule has 3 nitrogen and oxygen atoms in total. The van der Waals surface area contributed by atoms with E-state index in [1.165, 1.54) is 49.8 Å². The lowest BCUT2D eigenvalue weighted by Crippen LogP contribution is -2.59. The standard InChI is InChI=1S/C20H27NO2/c1-13(19(22)23)14-6-7-15-12-18-16-5-3-4-8-20(16,17(15)11-14)9-10-21(18)2/h6-7,11,13,16,18H,3-5,8-10,12H2,1-2H3,(H,22,23)/t13?,16-,18?,20?/m1/s1. The largest absolute Gasteiger partial charge is 0.481 e. The van der Waals surface area contributed by atoms with Crippen LogP contribution in [0.1, 0.15) is 61.6 Å². The number of carbonyl (C=O) groups is 1. The first-order valence-corrected chi connectivity index (χ1v) is 9.09. The highest BCUT2D eigenvalue weighted by Gasteiger charge is 2.53. The maximum absolute atomic E-state index is 11.4. The van der Waals surface area contributed by atoms with E-state index in [-0.39, 0.29) is 0 Å². The zero-order valence-electron chi connectivity index (χ0n) is 14.2. The van der Waals surface area contributed by atoms with Gasteiger partial charge in [0, 0.05) is 11.5 Å². The number of likely N-dealkylation sites (tertiary alicyclic amines) is 1. The van der Waals surface area contributed by atoms with Crippen LogP contribution in [-0.4, -0.2) is 35.6 Å². The number of benzene rings is 1.